The number of rotatable bonds is 5. The van der Waals surface area contributed by atoms with Gasteiger partial charge in [0.05, 0.1) is 33.2 Å². The molecule has 0 aliphatic rings. The summed E-state index contributed by atoms with van der Waals surface area (Å²) in [4.78, 5) is 0. The van der Waals surface area contributed by atoms with Gasteiger partial charge < -0.3 is 23.7 Å². The molecule has 6 heteroatoms. The van der Waals surface area contributed by atoms with Crippen LogP contribution in [0.3, 0.4) is 0 Å². The van der Waals surface area contributed by atoms with E-state index in [1.54, 1.807) is 25.3 Å². The molecule has 1 aromatic carbocycles. The molecule has 0 aliphatic carbocycles. The molecule has 2 rings (SSSR count). The number of furan rings is 1. The Morgan fingerprint density at radius 3 is 2.10 bits per heavy atom. The molecule has 108 valence electrons. The summed E-state index contributed by atoms with van der Waals surface area (Å²) in [6.45, 7) is 0. The Bertz CT molecular complexity index is 568. The second-order valence-corrected chi connectivity index (χ2v) is 4.72. The zero-order valence-corrected chi connectivity index (χ0v) is 12.9. The van der Waals surface area contributed by atoms with Gasteiger partial charge in [-0.2, -0.15) is 0 Å². The minimum Gasteiger partial charge on any atom is -0.496 e. The van der Waals surface area contributed by atoms with Crippen molar-refractivity contribution < 1.29 is 23.7 Å². The SMILES string of the molecule is COc1cc(OC)c(C(O)c2ccoc2Br)c(OC)c1. The molecular weight excluding hydrogens is 328 g/mol. The third-order valence-corrected chi connectivity index (χ3v) is 3.61. The first kappa shape index (κ1) is 14.7. The first-order chi connectivity index (χ1) is 9.62. The van der Waals surface area contributed by atoms with Crippen molar-refractivity contribution in [1.29, 1.82) is 0 Å². The van der Waals surface area contributed by atoms with E-state index in [9.17, 15) is 5.11 Å². The van der Waals surface area contributed by atoms with Gasteiger partial charge in [0.1, 0.15) is 23.4 Å². The summed E-state index contributed by atoms with van der Waals surface area (Å²) in [6, 6.07) is 5.06. The van der Waals surface area contributed by atoms with Crippen LogP contribution >= 0.6 is 15.9 Å². The summed E-state index contributed by atoms with van der Waals surface area (Å²) in [5.41, 5.74) is 1.10. The van der Waals surface area contributed by atoms with E-state index in [0.717, 1.165) is 0 Å². The zero-order chi connectivity index (χ0) is 14.7. The highest BCUT2D eigenvalue weighted by Gasteiger charge is 2.25. The van der Waals surface area contributed by atoms with Gasteiger partial charge in [0.15, 0.2) is 4.67 Å². The van der Waals surface area contributed by atoms with Gasteiger partial charge in [0.2, 0.25) is 0 Å². The van der Waals surface area contributed by atoms with Gasteiger partial charge in [-0.3, -0.25) is 0 Å². The van der Waals surface area contributed by atoms with Crippen molar-refractivity contribution in [3.63, 3.8) is 0 Å². The molecule has 1 N–H and O–H groups in total. The van der Waals surface area contributed by atoms with E-state index in [1.807, 2.05) is 0 Å². The van der Waals surface area contributed by atoms with Crippen LogP contribution in [0, 0.1) is 0 Å². The molecule has 0 saturated carbocycles. The van der Waals surface area contributed by atoms with Crippen molar-refractivity contribution in [2.75, 3.05) is 21.3 Å². The number of ether oxygens (including phenoxy) is 3. The second kappa shape index (κ2) is 6.19. The maximum Gasteiger partial charge on any atom is 0.175 e. The van der Waals surface area contributed by atoms with E-state index >= 15 is 0 Å². The summed E-state index contributed by atoms with van der Waals surface area (Å²) < 4.78 is 21.4. The van der Waals surface area contributed by atoms with Crippen LogP contribution in [-0.4, -0.2) is 26.4 Å². The third-order valence-electron chi connectivity index (χ3n) is 2.97. The zero-order valence-electron chi connectivity index (χ0n) is 11.3. The molecule has 0 aliphatic heterocycles. The van der Waals surface area contributed by atoms with E-state index < -0.39 is 6.10 Å². The largest absolute Gasteiger partial charge is 0.496 e. The van der Waals surface area contributed by atoms with Crippen molar-refractivity contribution in [3.05, 3.63) is 40.3 Å². The van der Waals surface area contributed by atoms with Gasteiger partial charge in [0.25, 0.3) is 0 Å². The second-order valence-electron chi connectivity index (χ2n) is 4.00. The fraction of sp³-hybridized carbons (Fsp3) is 0.286. The van der Waals surface area contributed by atoms with Crippen LogP contribution in [0.25, 0.3) is 0 Å². The molecule has 1 aromatic heterocycles. The van der Waals surface area contributed by atoms with Gasteiger partial charge >= 0.3 is 0 Å². The summed E-state index contributed by atoms with van der Waals surface area (Å²) in [5, 5.41) is 10.6. The first-order valence-electron chi connectivity index (χ1n) is 5.83. The molecule has 0 saturated heterocycles. The standard InChI is InChI=1S/C14H15BrO5/c1-17-8-6-10(18-2)12(11(7-8)19-3)13(16)9-4-5-20-14(9)15/h4-7,13,16H,1-3H3. The lowest BCUT2D eigenvalue weighted by Crippen LogP contribution is -2.05. The Labute approximate surface area is 125 Å². The Hall–Kier alpha value is -1.66. The van der Waals surface area contributed by atoms with Crippen LogP contribution in [0.4, 0.5) is 0 Å². The lowest BCUT2D eigenvalue weighted by Gasteiger charge is -2.18. The summed E-state index contributed by atoms with van der Waals surface area (Å²) >= 11 is 3.25. The predicted molar refractivity (Wildman–Crippen MR) is 76.6 cm³/mol. The number of benzene rings is 1. The number of methoxy groups -OCH3 is 3. The monoisotopic (exact) mass is 342 g/mol. The Morgan fingerprint density at radius 1 is 1.10 bits per heavy atom. The van der Waals surface area contributed by atoms with E-state index in [0.29, 0.717) is 33.0 Å². The maximum absolute atomic E-state index is 10.6. The van der Waals surface area contributed by atoms with Crippen LogP contribution in [0.5, 0.6) is 17.2 Å². The van der Waals surface area contributed by atoms with E-state index in [-0.39, 0.29) is 0 Å². The minimum absolute atomic E-state index is 0.463. The fourth-order valence-electron chi connectivity index (χ4n) is 1.96. The average Bonchev–Trinajstić information content (AvgIpc) is 2.91. The smallest absolute Gasteiger partial charge is 0.175 e. The predicted octanol–water partition coefficient (Wildman–Crippen LogP) is 3.15. The van der Waals surface area contributed by atoms with Gasteiger partial charge in [0, 0.05) is 17.7 Å². The van der Waals surface area contributed by atoms with Crippen LogP contribution < -0.4 is 14.2 Å². The van der Waals surface area contributed by atoms with Gasteiger partial charge in [-0.25, -0.2) is 0 Å². The molecule has 2 aromatic rings. The van der Waals surface area contributed by atoms with Crippen LogP contribution in [0.15, 0.2) is 33.5 Å². The highest BCUT2D eigenvalue weighted by Crippen LogP contribution is 2.42. The van der Waals surface area contributed by atoms with Crippen LogP contribution in [-0.2, 0) is 0 Å². The fourth-order valence-corrected chi connectivity index (χ4v) is 2.41. The Morgan fingerprint density at radius 2 is 1.70 bits per heavy atom. The molecule has 1 atom stereocenters. The van der Waals surface area contributed by atoms with Gasteiger partial charge in [-0.15, -0.1) is 0 Å². The van der Waals surface area contributed by atoms with Crippen molar-refractivity contribution in [1.82, 2.24) is 0 Å². The molecule has 0 bridgehead atoms. The number of aliphatic hydroxyl groups excluding tert-OH is 1. The maximum atomic E-state index is 10.6. The third kappa shape index (κ3) is 2.62. The lowest BCUT2D eigenvalue weighted by molar-refractivity contribution is 0.206. The highest BCUT2D eigenvalue weighted by atomic mass is 79.9. The van der Waals surface area contributed by atoms with Gasteiger partial charge in [-0.1, -0.05) is 0 Å². The molecular formula is C14H15BrO5. The molecule has 0 radical (unpaired) electrons. The highest BCUT2D eigenvalue weighted by molar-refractivity contribution is 9.10. The summed E-state index contributed by atoms with van der Waals surface area (Å²) in [5.74, 6) is 1.53. The molecule has 0 fully saturated rings. The number of hydrogen-bond acceptors (Lipinski definition) is 5. The minimum atomic E-state index is -0.945. The Kier molecular flexibility index (Phi) is 4.57. The van der Waals surface area contributed by atoms with Crippen molar-refractivity contribution >= 4 is 15.9 Å². The Balaban J connectivity index is 2.57. The van der Waals surface area contributed by atoms with Crippen LogP contribution in [0.1, 0.15) is 17.2 Å². The van der Waals surface area contributed by atoms with E-state index in [2.05, 4.69) is 15.9 Å². The molecule has 1 unspecified atom stereocenters. The number of halogens is 1. The molecule has 0 amide bonds. The van der Waals surface area contributed by atoms with Crippen molar-refractivity contribution in [3.8, 4) is 17.2 Å². The lowest BCUT2D eigenvalue weighted by atomic mass is 10.0. The molecule has 20 heavy (non-hydrogen) atoms. The van der Waals surface area contributed by atoms with Gasteiger partial charge in [-0.05, 0) is 22.0 Å². The van der Waals surface area contributed by atoms with E-state index in [4.69, 9.17) is 18.6 Å². The van der Waals surface area contributed by atoms with Crippen LogP contribution in [0.2, 0.25) is 0 Å². The normalized spacial score (nSPS) is 12.1. The average molecular weight is 343 g/mol. The first-order valence-corrected chi connectivity index (χ1v) is 6.62. The topological polar surface area (TPSA) is 61.1 Å². The van der Waals surface area contributed by atoms with E-state index in [1.165, 1.54) is 20.5 Å². The summed E-state index contributed by atoms with van der Waals surface area (Å²) in [7, 11) is 4.60. The molecule has 5 nitrogen and oxygen atoms in total. The van der Waals surface area contributed by atoms with Crippen molar-refractivity contribution in [2.24, 2.45) is 0 Å². The summed E-state index contributed by atoms with van der Waals surface area (Å²) in [6.07, 6.45) is 0.546. The molecule has 1 heterocycles. The number of aliphatic hydroxyl groups is 1. The molecule has 0 spiro atoms. The quantitative estimate of drug-likeness (QED) is 0.904. The van der Waals surface area contributed by atoms with Crippen molar-refractivity contribution in [2.45, 2.75) is 6.10 Å². The number of hydrogen-bond donors (Lipinski definition) is 1.